The molecule has 1 saturated carbocycles. The summed E-state index contributed by atoms with van der Waals surface area (Å²) in [6, 6.07) is 0. The first-order chi connectivity index (χ1) is 11.3. The van der Waals surface area contributed by atoms with E-state index in [0.29, 0.717) is 5.92 Å². The quantitative estimate of drug-likeness (QED) is 0.835. The van der Waals surface area contributed by atoms with E-state index in [4.69, 9.17) is 4.98 Å². The van der Waals surface area contributed by atoms with E-state index in [1.807, 2.05) is 11.7 Å². The molecule has 1 aliphatic carbocycles. The van der Waals surface area contributed by atoms with Gasteiger partial charge in [-0.25, -0.2) is 9.97 Å². The van der Waals surface area contributed by atoms with Gasteiger partial charge in [0.2, 0.25) is 0 Å². The molecule has 2 aliphatic rings. The molecule has 0 spiro atoms. The first-order valence-electron chi connectivity index (χ1n) is 8.92. The number of thiazole rings is 1. The Morgan fingerprint density at radius 2 is 2.13 bits per heavy atom. The van der Waals surface area contributed by atoms with Crippen molar-refractivity contribution >= 4 is 11.3 Å². The van der Waals surface area contributed by atoms with Gasteiger partial charge in [-0.3, -0.25) is 4.90 Å². The molecule has 0 radical (unpaired) electrons. The summed E-state index contributed by atoms with van der Waals surface area (Å²) in [6.07, 6.45) is 11.0. The van der Waals surface area contributed by atoms with Gasteiger partial charge in [-0.05, 0) is 45.1 Å². The molecule has 5 heteroatoms. The standard InChI is InChI=1S/C18H26N4S/c1-14-17(23-13-20-14)12-21-8-3-6-16(11-21)18-19-7-9-22(18)10-15-4-2-5-15/h7,9,13,15-16H,2-6,8,10-12H2,1H3/t16-/m1/s1. The number of hydrogen-bond acceptors (Lipinski definition) is 4. The predicted octanol–water partition coefficient (Wildman–Crippen LogP) is 3.83. The third kappa shape index (κ3) is 3.36. The lowest BCUT2D eigenvalue weighted by atomic mass is 9.85. The second-order valence-corrected chi connectivity index (χ2v) is 8.11. The van der Waals surface area contributed by atoms with E-state index in [1.54, 1.807) is 11.3 Å². The van der Waals surface area contributed by atoms with Crippen LogP contribution in [0.1, 0.15) is 54.4 Å². The second kappa shape index (κ2) is 6.73. The van der Waals surface area contributed by atoms with Gasteiger partial charge in [-0.2, -0.15) is 0 Å². The van der Waals surface area contributed by atoms with Crippen molar-refractivity contribution in [3.05, 3.63) is 34.3 Å². The van der Waals surface area contributed by atoms with Gasteiger partial charge in [0.05, 0.1) is 11.2 Å². The highest BCUT2D eigenvalue weighted by Crippen LogP contribution is 2.31. The Morgan fingerprint density at radius 1 is 1.22 bits per heavy atom. The maximum absolute atomic E-state index is 4.73. The van der Waals surface area contributed by atoms with Gasteiger partial charge in [0, 0.05) is 42.8 Å². The summed E-state index contributed by atoms with van der Waals surface area (Å²) in [4.78, 5) is 13.1. The Bertz CT molecular complexity index is 643. The monoisotopic (exact) mass is 330 g/mol. The zero-order chi connectivity index (χ0) is 15.6. The SMILES string of the molecule is Cc1ncsc1CN1CCC[C@@H](c2nccn2CC2CCC2)C1. The Kier molecular flexibility index (Phi) is 4.49. The molecule has 1 atom stereocenters. The topological polar surface area (TPSA) is 34.0 Å². The number of piperidine rings is 1. The minimum atomic E-state index is 0.590. The molecule has 4 rings (SSSR count). The number of rotatable bonds is 5. The van der Waals surface area contributed by atoms with Crippen molar-refractivity contribution < 1.29 is 0 Å². The zero-order valence-corrected chi connectivity index (χ0v) is 14.8. The highest BCUT2D eigenvalue weighted by atomic mass is 32.1. The molecular formula is C18H26N4S. The fourth-order valence-electron chi connectivity index (χ4n) is 3.88. The lowest BCUT2D eigenvalue weighted by Crippen LogP contribution is -2.35. The van der Waals surface area contributed by atoms with Crippen molar-refractivity contribution in [1.29, 1.82) is 0 Å². The molecule has 4 nitrogen and oxygen atoms in total. The maximum Gasteiger partial charge on any atom is 0.113 e. The summed E-state index contributed by atoms with van der Waals surface area (Å²) in [6.45, 7) is 6.70. The van der Waals surface area contributed by atoms with E-state index >= 15 is 0 Å². The zero-order valence-electron chi connectivity index (χ0n) is 13.9. The highest BCUT2D eigenvalue weighted by molar-refractivity contribution is 7.09. The summed E-state index contributed by atoms with van der Waals surface area (Å²) in [5.41, 5.74) is 3.17. The van der Waals surface area contributed by atoms with Gasteiger partial charge in [0.1, 0.15) is 5.82 Å². The van der Waals surface area contributed by atoms with Crippen LogP contribution in [0, 0.1) is 12.8 Å². The van der Waals surface area contributed by atoms with Gasteiger partial charge < -0.3 is 4.57 Å². The van der Waals surface area contributed by atoms with Crippen LogP contribution in [0.2, 0.25) is 0 Å². The lowest BCUT2D eigenvalue weighted by molar-refractivity contribution is 0.192. The average Bonchev–Trinajstić information content (AvgIpc) is 3.13. The van der Waals surface area contributed by atoms with Crippen molar-refractivity contribution in [2.24, 2.45) is 5.92 Å². The van der Waals surface area contributed by atoms with Crippen LogP contribution in [0.3, 0.4) is 0 Å². The van der Waals surface area contributed by atoms with Crippen molar-refractivity contribution in [2.45, 2.75) is 58.0 Å². The molecule has 0 amide bonds. The highest BCUT2D eigenvalue weighted by Gasteiger charge is 2.26. The number of aromatic nitrogens is 3. The number of imidazole rings is 1. The Hall–Kier alpha value is -1.20. The van der Waals surface area contributed by atoms with Gasteiger partial charge in [0.15, 0.2) is 0 Å². The van der Waals surface area contributed by atoms with Crippen molar-refractivity contribution in [3.8, 4) is 0 Å². The normalized spacial score (nSPS) is 23.1. The molecule has 1 aliphatic heterocycles. The number of likely N-dealkylation sites (tertiary alicyclic amines) is 1. The van der Waals surface area contributed by atoms with E-state index in [-0.39, 0.29) is 0 Å². The molecule has 2 aromatic heterocycles. The minimum absolute atomic E-state index is 0.590. The number of hydrogen-bond donors (Lipinski definition) is 0. The van der Waals surface area contributed by atoms with Crippen molar-refractivity contribution in [3.63, 3.8) is 0 Å². The van der Waals surface area contributed by atoms with Crippen LogP contribution in [0.25, 0.3) is 0 Å². The summed E-state index contributed by atoms with van der Waals surface area (Å²) >= 11 is 1.79. The summed E-state index contributed by atoms with van der Waals surface area (Å²) < 4.78 is 2.44. The minimum Gasteiger partial charge on any atom is -0.334 e. The average molecular weight is 331 g/mol. The van der Waals surface area contributed by atoms with Gasteiger partial charge in [-0.15, -0.1) is 11.3 Å². The Morgan fingerprint density at radius 3 is 2.87 bits per heavy atom. The van der Waals surface area contributed by atoms with E-state index in [0.717, 1.165) is 19.0 Å². The summed E-state index contributed by atoms with van der Waals surface area (Å²) in [5, 5.41) is 0. The van der Waals surface area contributed by atoms with Crippen LogP contribution in [0.15, 0.2) is 17.9 Å². The van der Waals surface area contributed by atoms with Crippen molar-refractivity contribution in [2.75, 3.05) is 13.1 Å². The first-order valence-corrected chi connectivity index (χ1v) is 9.80. The van der Waals surface area contributed by atoms with Crippen LogP contribution >= 0.6 is 11.3 Å². The maximum atomic E-state index is 4.73. The summed E-state index contributed by atoms with van der Waals surface area (Å²) in [7, 11) is 0. The fourth-order valence-corrected chi connectivity index (χ4v) is 4.70. The molecule has 0 unspecified atom stereocenters. The molecular weight excluding hydrogens is 304 g/mol. The smallest absolute Gasteiger partial charge is 0.113 e. The molecule has 0 aromatic carbocycles. The largest absolute Gasteiger partial charge is 0.334 e. The molecule has 2 aromatic rings. The van der Waals surface area contributed by atoms with E-state index in [2.05, 4.69) is 27.6 Å². The predicted molar refractivity (Wildman–Crippen MR) is 93.7 cm³/mol. The third-order valence-electron chi connectivity index (χ3n) is 5.51. The molecule has 2 fully saturated rings. The number of aryl methyl sites for hydroxylation is 1. The van der Waals surface area contributed by atoms with Crippen LogP contribution < -0.4 is 0 Å². The summed E-state index contributed by atoms with van der Waals surface area (Å²) in [5.74, 6) is 2.80. The van der Waals surface area contributed by atoms with Gasteiger partial charge >= 0.3 is 0 Å². The second-order valence-electron chi connectivity index (χ2n) is 7.17. The van der Waals surface area contributed by atoms with Crippen LogP contribution in [-0.4, -0.2) is 32.5 Å². The van der Waals surface area contributed by atoms with E-state index in [9.17, 15) is 0 Å². The molecule has 3 heterocycles. The van der Waals surface area contributed by atoms with Crippen LogP contribution in [0.5, 0.6) is 0 Å². The Balaban J connectivity index is 1.43. The molecule has 124 valence electrons. The van der Waals surface area contributed by atoms with Crippen LogP contribution in [-0.2, 0) is 13.1 Å². The molecule has 23 heavy (non-hydrogen) atoms. The molecule has 0 N–H and O–H groups in total. The fraction of sp³-hybridized carbons (Fsp3) is 0.667. The molecule has 0 bridgehead atoms. The van der Waals surface area contributed by atoms with Gasteiger partial charge in [0.25, 0.3) is 0 Å². The Labute approximate surface area is 142 Å². The first kappa shape index (κ1) is 15.3. The number of nitrogens with zero attached hydrogens (tertiary/aromatic N) is 4. The molecule has 1 saturated heterocycles. The van der Waals surface area contributed by atoms with Gasteiger partial charge in [-0.1, -0.05) is 6.42 Å². The van der Waals surface area contributed by atoms with E-state index < -0.39 is 0 Å². The van der Waals surface area contributed by atoms with Crippen LogP contribution in [0.4, 0.5) is 0 Å². The van der Waals surface area contributed by atoms with Crippen molar-refractivity contribution in [1.82, 2.24) is 19.4 Å². The van der Waals surface area contributed by atoms with E-state index in [1.165, 1.54) is 61.6 Å². The lowest BCUT2D eigenvalue weighted by Gasteiger charge is -2.33. The third-order valence-corrected chi connectivity index (χ3v) is 6.43.